The molecule has 3 aromatic rings. The average Bonchev–Trinajstić information content (AvgIpc) is 3.12. The quantitative estimate of drug-likeness (QED) is 0.609. The molecule has 0 saturated carbocycles. The number of ether oxygens (including phenoxy) is 1. The van der Waals surface area contributed by atoms with E-state index in [0.29, 0.717) is 11.1 Å². The Kier molecular flexibility index (Phi) is 6.31. The second-order valence-corrected chi connectivity index (χ2v) is 6.40. The van der Waals surface area contributed by atoms with Gasteiger partial charge >= 0.3 is 0 Å². The van der Waals surface area contributed by atoms with Gasteiger partial charge in [-0.15, -0.1) is 0 Å². The van der Waals surface area contributed by atoms with Crippen molar-refractivity contribution in [3.8, 4) is 11.1 Å². The molecule has 0 bridgehead atoms. The summed E-state index contributed by atoms with van der Waals surface area (Å²) in [7, 11) is 2.67. The summed E-state index contributed by atoms with van der Waals surface area (Å²) >= 11 is 0. The minimum absolute atomic E-state index is 0.141. The summed E-state index contributed by atoms with van der Waals surface area (Å²) in [5, 5.41) is 3.84. The number of carbonyl (C=O) groups is 2. The molecular weight excluding hydrogens is 399 g/mol. The summed E-state index contributed by atoms with van der Waals surface area (Å²) in [6.45, 7) is -0.458. The predicted octanol–water partition coefficient (Wildman–Crippen LogP) is 3.98. The minimum atomic E-state index is -2.95. The molecule has 0 radical (unpaired) electrons. The van der Waals surface area contributed by atoms with Gasteiger partial charge in [-0.1, -0.05) is 30.3 Å². The molecule has 6 nitrogen and oxygen atoms in total. The number of methoxy groups -OCH3 is 1. The highest BCUT2D eigenvalue weighted by atomic mass is 19.3. The molecule has 0 aliphatic heterocycles. The van der Waals surface area contributed by atoms with Crippen LogP contribution in [0.1, 0.15) is 22.5 Å². The number of benzene rings is 2. The fourth-order valence-electron chi connectivity index (χ4n) is 3.03. The number of hydrogen-bond acceptors (Lipinski definition) is 4. The zero-order valence-corrected chi connectivity index (χ0v) is 16.2. The Morgan fingerprint density at radius 1 is 1.13 bits per heavy atom. The van der Waals surface area contributed by atoms with Crippen molar-refractivity contribution in [2.24, 2.45) is 7.05 Å². The monoisotopic (exact) mass is 417 g/mol. The van der Waals surface area contributed by atoms with Gasteiger partial charge in [0.1, 0.15) is 12.4 Å². The number of alkyl halides is 2. The lowest BCUT2D eigenvalue weighted by Gasteiger charge is -2.23. The highest BCUT2D eigenvalue weighted by Gasteiger charge is 2.32. The maximum absolute atomic E-state index is 13.4. The molecule has 0 unspecified atom stereocenters. The Bertz CT molecular complexity index is 1060. The average molecular weight is 417 g/mol. The van der Waals surface area contributed by atoms with Gasteiger partial charge in [0.25, 0.3) is 18.2 Å². The van der Waals surface area contributed by atoms with E-state index in [4.69, 9.17) is 4.74 Å². The van der Waals surface area contributed by atoms with E-state index in [1.54, 1.807) is 18.2 Å². The lowest BCUT2D eigenvalue weighted by atomic mass is 10.0. The van der Waals surface area contributed by atoms with Crippen LogP contribution in [0.25, 0.3) is 11.1 Å². The molecule has 156 valence electrons. The van der Waals surface area contributed by atoms with Gasteiger partial charge in [0.05, 0.1) is 11.3 Å². The summed E-state index contributed by atoms with van der Waals surface area (Å²) in [6.07, 6.45) is -1.92. The number of imide groups is 1. The lowest BCUT2D eigenvalue weighted by molar-refractivity contribution is -0.121. The first kappa shape index (κ1) is 21.3. The number of carbonyl (C=O) groups excluding carboxylic acids is 2. The van der Waals surface area contributed by atoms with E-state index in [0.717, 1.165) is 15.8 Å². The van der Waals surface area contributed by atoms with Crippen LogP contribution in [-0.2, 0) is 16.6 Å². The molecule has 30 heavy (non-hydrogen) atoms. The van der Waals surface area contributed by atoms with Crippen LogP contribution in [0.4, 0.5) is 18.9 Å². The van der Waals surface area contributed by atoms with Crippen molar-refractivity contribution in [3.63, 3.8) is 0 Å². The number of rotatable bonds is 6. The molecule has 0 aliphatic carbocycles. The fraction of sp³-hybridized carbons (Fsp3) is 0.190. The van der Waals surface area contributed by atoms with Gasteiger partial charge in [-0.3, -0.25) is 14.3 Å². The second kappa shape index (κ2) is 8.91. The van der Waals surface area contributed by atoms with Crippen LogP contribution in [0, 0.1) is 5.82 Å². The molecule has 1 aromatic heterocycles. The first-order valence-corrected chi connectivity index (χ1v) is 8.86. The Morgan fingerprint density at radius 2 is 1.80 bits per heavy atom. The van der Waals surface area contributed by atoms with Crippen LogP contribution < -0.4 is 4.90 Å². The number of aryl methyl sites for hydroxylation is 1. The molecule has 3 rings (SSSR count). The number of halogens is 3. The third-order valence-electron chi connectivity index (χ3n) is 4.32. The normalized spacial score (nSPS) is 11.0. The molecular formula is C21H18F3N3O3. The van der Waals surface area contributed by atoms with Crippen molar-refractivity contribution in [1.29, 1.82) is 0 Å². The molecule has 1 heterocycles. The SMILES string of the molecule is COCC(=O)N(C(=O)c1nn(C)cc1C(F)F)c1ccccc1-c1ccc(F)cc1. The van der Waals surface area contributed by atoms with E-state index in [-0.39, 0.29) is 5.69 Å². The summed E-state index contributed by atoms with van der Waals surface area (Å²) in [5.74, 6) is -2.22. The third kappa shape index (κ3) is 4.25. The Balaban J connectivity index is 2.16. The van der Waals surface area contributed by atoms with E-state index in [1.807, 2.05) is 0 Å². The van der Waals surface area contributed by atoms with Crippen molar-refractivity contribution < 1.29 is 27.5 Å². The number of hydrogen-bond donors (Lipinski definition) is 0. The van der Waals surface area contributed by atoms with Crippen LogP contribution in [0.2, 0.25) is 0 Å². The van der Waals surface area contributed by atoms with E-state index >= 15 is 0 Å². The topological polar surface area (TPSA) is 64.4 Å². The predicted molar refractivity (Wildman–Crippen MR) is 104 cm³/mol. The molecule has 0 fully saturated rings. The Labute approximate surface area is 170 Å². The zero-order valence-electron chi connectivity index (χ0n) is 16.2. The number of anilines is 1. The van der Waals surface area contributed by atoms with E-state index < -0.39 is 41.9 Å². The van der Waals surface area contributed by atoms with E-state index in [1.165, 1.54) is 44.5 Å². The van der Waals surface area contributed by atoms with Gasteiger partial charge in [0.2, 0.25) is 0 Å². The molecule has 9 heteroatoms. The summed E-state index contributed by atoms with van der Waals surface area (Å²) in [5.41, 5.74) is -0.0141. The van der Waals surface area contributed by atoms with Crippen LogP contribution in [0.5, 0.6) is 0 Å². The maximum Gasteiger partial charge on any atom is 0.286 e. The van der Waals surface area contributed by atoms with Gasteiger partial charge in [0, 0.05) is 25.9 Å². The summed E-state index contributed by atoms with van der Waals surface area (Å²) in [6, 6.07) is 11.9. The first-order chi connectivity index (χ1) is 14.3. The van der Waals surface area contributed by atoms with Crippen LogP contribution in [0.15, 0.2) is 54.7 Å². The minimum Gasteiger partial charge on any atom is -0.375 e. The van der Waals surface area contributed by atoms with Gasteiger partial charge in [-0.25, -0.2) is 18.1 Å². The van der Waals surface area contributed by atoms with Crippen molar-refractivity contribution in [2.45, 2.75) is 6.43 Å². The third-order valence-corrected chi connectivity index (χ3v) is 4.32. The van der Waals surface area contributed by atoms with E-state index in [9.17, 15) is 22.8 Å². The maximum atomic E-state index is 13.4. The molecule has 0 saturated heterocycles. The first-order valence-electron chi connectivity index (χ1n) is 8.86. The molecule has 0 aliphatic rings. The number of para-hydroxylation sites is 1. The fourth-order valence-corrected chi connectivity index (χ4v) is 3.03. The van der Waals surface area contributed by atoms with Gasteiger partial charge in [-0.2, -0.15) is 5.10 Å². The van der Waals surface area contributed by atoms with Gasteiger partial charge in [0.15, 0.2) is 5.69 Å². The summed E-state index contributed by atoms with van der Waals surface area (Å²) in [4.78, 5) is 26.8. The van der Waals surface area contributed by atoms with Crippen molar-refractivity contribution >= 4 is 17.5 Å². The second-order valence-electron chi connectivity index (χ2n) is 6.40. The standard InChI is InChI=1S/C21H18F3N3O3/c1-26-11-16(20(23)24)19(25-26)21(29)27(18(28)12-30-2)17-6-4-3-5-15(17)13-7-9-14(22)10-8-13/h3-11,20H,12H2,1-2H3. The van der Waals surface area contributed by atoms with Crippen molar-refractivity contribution in [1.82, 2.24) is 9.78 Å². The number of aromatic nitrogens is 2. The molecule has 0 N–H and O–H groups in total. The van der Waals surface area contributed by atoms with Crippen LogP contribution in [-0.4, -0.2) is 35.3 Å². The largest absolute Gasteiger partial charge is 0.375 e. The van der Waals surface area contributed by atoms with Crippen LogP contribution >= 0.6 is 0 Å². The molecule has 0 atom stereocenters. The van der Waals surface area contributed by atoms with Gasteiger partial charge in [-0.05, 0) is 23.8 Å². The molecule has 2 amide bonds. The Hall–Kier alpha value is -3.46. The van der Waals surface area contributed by atoms with Crippen LogP contribution in [0.3, 0.4) is 0 Å². The van der Waals surface area contributed by atoms with Crippen molar-refractivity contribution in [3.05, 3.63) is 71.8 Å². The smallest absolute Gasteiger partial charge is 0.286 e. The number of nitrogens with zero attached hydrogens (tertiary/aromatic N) is 3. The van der Waals surface area contributed by atoms with Gasteiger partial charge < -0.3 is 4.74 Å². The highest BCUT2D eigenvalue weighted by molar-refractivity contribution is 6.22. The van der Waals surface area contributed by atoms with Crippen molar-refractivity contribution in [2.75, 3.05) is 18.6 Å². The zero-order chi connectivity index (χ0) is 21.8. The van der Waals surface area contributed by atoms with E-state index in [2.05, 4.69) is 5.10 Å². The lowest BCUT2D eigenvalue weighted by Crippen LogP contribution is -2.40. The Morgan fingerprint density at radius 3 is 2.43 bits per heavy atom. The molecule has 0 spiro atoms. The molecule has 2 aromatic carbocycles. The summed E-state index contributed by atoms with van der Waals surface area (Å²) < 4.78 is 46.2. The highest BCUT2D eigenvalue weighted by Crippen LogP contribution is 2.33. The number of amides is 2.